The molecular formula is C26H25F5N6O. The van der Waals surface area contributed by atoms with Gasteiger partial charge < -0.3 is 4.57 Å². The Balaban J connectivity index is 1.69. The molecule has 4 heterocycles. The number of alkyl halides is 3. The van der Waals surface area contributed by atoms with Gasteiger partial charge in [0.2, 0.25) is 5.96 Å². The van der Waals surface area contributed by atoms with E-state index in [0.717, 1.165) is 30.8 Å². The second-order valence-electron chi connectivity index (χ2n) is 9.41. The molecule has 2 aliphatic rings. The van der Waals surface area contributed by atoms with Crippen LogP contribution in [-0.4, -0.2) is 50.4 Å². The van der Waals surface area contributed by atoms with Gasteiger partial charge in [-0.05, 0) is 42.7 Å². The van der Waals surface area contributed by atoms with E-state index in [0.29, 0.717) is 30.4 Å². The minimum absolute atomic E-state index is 0.0208. The van der Waals surface area contributed by atoms with Crippen LogP contribution in [0.2, 0.25) is 0 Å². The predicted octanol–water partition coefficient (Wildman–Crippen LogP) is 5.36. The molecule has 0 bridgehead atoms. The van der Waals surface area contributed by atoms with Crippen LogP contribution in [0.5, 0.6) is 0 Å². The maximum atomic E-state index is 14.1. The van der Waals surface area contributed by atoms with Crippen LogP contribution in [0.25, 0.3) is 11.4 Å². The highest BCUT2D eigenvalue weighted by Crippen LogP contribution is 2.38. The minimum atomic E-state index is -4.62. The average molecular weight is 533 g/mol. The fourth-order valence-electron chi connectivity index (χ4n) is 4.75. The van der Waals surface area contributed by atoms with Gasteiger partial charge in [-0.3, -0.25) is 19.6 Å². The van der Waals surface area contributed by atoms with Gasteiger partial charge >= 0.3 is 6.18 Å². The third-order valence-corrected chi connectivity index (χ3v) is 7.03. The summed E-state index contributed by atoms with van der Waals surface area (Å²) in [5, 5.41) is 0. The van der Waals surface area contributed by atoms with Gasteiger partial charge in [0.25, 0.3) is 5.91 Å². The van der Waals surface area contributed by atoms with E-state index in [-0.39, 0.29) is 35.6 Å². The van der Waals surface area contributed by atoms with E-state index in [2.05, 4.69) is 23.8 Å². The number of amides is 1. The average Bonchev–Trinajstić information content (AvgIpc) is 3.48. The lowest BCUT2D eigenvalue weighted by Gasteiger charge is -2.34. The third-order valence-electron chi connectivity index (χ3n) is 7.03. The lowest BCUT2D eigenvalue weighted by atomic mass is 10.0. The van der Waals surface area contributed by atoms with Crippen molar-refractivity contribution in [1.82, 2.24) is 19.4 Å². The zero-order valence-corrected chi connectivity index (χ0v) is 20.9. The first kappa shape index (κ1) is 25.8. The van der Waals surface area contributed by atoms with E-state index in [4.69, 9.17) is 4.99 Å². The van der Waals surface area contributed by atoms with Crippen LogP contribution in [0.1, 0.15) is 48.9 Å². The van der Waals surface area contributed by atoms with Crippen LogP contribution < -0.4 is 4.90 Å². The van der Waals surface area contributed by atoms with Crippen LogP contribution in [-0.2, 0) is 12.7 Å². The third kappa shape index (κ3) is 4.31. The number of guanidine groups is 1. The number of carbonyl (C=O) groups excluding carboxylic acids is 1. The van der Waals surface area contributed by atoms with Crippen LogP contribution in [0.15, 0.2) is 41.5 Å². The quantitative estimate of drug-likeness (QED) is 0.401. The van der Waals surface area contributed by atoms with Crippen molar-refractivity contribution in [2.24, 2.45) is 10.9 Å². The van der Waals surface area contributed by atoms with Crippen LogP contribution in [0.3, 0.4) is 0 Å². The Labute approximate surface area is 215 Å². The summed E-state index contributed by atoms with van der Waals surface area (Å²) in [6.45, 7) is 6.74. The normalized spacial score (nSPS) is 17.9. The molecule has 1 aromatic carbocycles. The highest BCUT2D eigenvalue weighted by atomic mass is 19.4. The Bertz CT molecular complexity index is 1410. The Kier molecular flexibility index (Phi) is 6.44. The lowest BCUT2D eigenvalue weighted by Crippen LogP contribution is -2.50. The highest BCUT2D eigenvalue weighted by Gasteiger charge is 2.44. The molecule has 38 heavy (non-hydrogen) atoms. The number of rotatable bonds is 6. The van der Waals surface area contributed by atoms with E-state index in [1.165, 1.54) is 17.0 Å². The topological polar surface area (TPSA) is 66.6 Å². The number of benzene rings is 1. The van der Waals surface area contributed by atoms with Crippen molar-refractivity contribution in [2.45, 2.75) is 46.0 Å². The van der Waals surface area contributed by atoms with E-state index in [9.17, 15) is 26.7 Å². The molecule has 3 aromatic rings. The molecule has 200 valence electrons. The molecule has 0 radical (unpaired) electrons. The van der Waals surface area contributed by atoms with Gasteiger partial charge in [0.05, 0.1) is 19.1 Å². The molecule has 5 rings (SSSR count). The highest BCUT2D eigenvalue weighted by molar-refractivity contribution is 6.18. The number of carbonyl (C=O) groups is 1. The first-order valence-corrected chi connectivity index (χ1v) is 12.3. The largest absolute Gasteiger partial charge is 0.433 e. The number of nitrogens with zero attached hydrogens (tertiary/aromatic N) is 6. The summed E-state index contributed by atoms with van der Waals surface area (Å²) in [5.41, 5.74) is -0.342. The molecule has 2 aliphatic heterocycles. The first-order chi connectivity index (χ1) is 18.0. The molecule has 7 nitrogen and oxygen atoms in total. The Morgan fingerprint density at radius 1 is 1.11 bits per heavy atom. The summed E-state index contributed by atoms with van der Waals surface area (Å²) >= 11 is 0. The summed E-state index contributed by atoms with van der Waals surface area (Å²) in [5.74, 6) is -1.16. The standard InChI is InChI=1S/C26H25F5N6O/c1-4-14(3)19-13-37-23-21(24(38)35(5-2)25(37)33-19)34-22(16-7-9-20(32-11-16)26(29,30)31)36(23)12-15-6-8-17(27)18(28)10-15/h6-11,14,19H,4-5,12-13H2,1-3H3/t14-,19-/m0/s1. The van der Waals surface area contributed by atoms with E-state index >= 15 is 0 Å². The summed E-state index contributed by atoms with van der Waals surface area (Å²) in [4.78, 5) is 29.9. The fourth-order valence-corrected chi connectivity index (χ4v) is 4.75. The number of fused-ring (bicyclic) bond motifs is 3. The molecule has 0 saturated carbocycles. The zero-order chi connectivity index (χ0) is 27.4. The van der Waals surface area contributed by atoms with Crippen molar-refractivity contribution in [3.63, 3.8) is 0 Å². The molecule has 0 unspecified atom stereocenters. The number of halogens is 5. The van der Waals surface area contributed by atoms with E-state index in [1.807, 2.05) is 11.8 Å². The van der Waals surface area contributed by atoms with Crippen LogP contribution >= 0.6 is 0 Å². The van der Waals surface area contributed by atoms with E-state index < -0.39 is 29.4 Å². The molecule has 0 fully saturated rings. The molecular weight excluding hydrogens is 507 g/mol. The zero-order valence-electron chi connectivity index (χ0n) is 20.9. The molecule has 0 N–H and O–H groups in total. The molecule has 12 heteroatoms. The lowest BCUT2D eigenvalue weighted by molar-refractivity contribution is -0.141. The van der Waals surface area contributed by atoms with Crippen molar-refractivity contribution < 1.29 is 26.7 Å². The first-order valence-electron chi connectivity index (χ1n) is 12.3. The van der Waals surface area contributed by atoms with Gasteiger partial charge in [-0.15, -0.1) is 0 Å². The number of anilines is 1. The summed E-state index contributed by atoms with van der Waals surface area (Å²) in [7, 11) is 0. The second-order valence-corrected chi connectivity index (χ2v) is 9.41. The predicted molar refractivity (Wildman–Crippen MR) is 131 cm³/mol. The number of imidazole rings is 1. The van der Waals surface area contributed by atoms with Crippen molar-refractivity contribution in [3.8, 4) is 11.4 Å². The summed E-state index contributed by atoms with van der Waals surface area (Å²) in [6, 6.07) is 5.43. The Morgan fingerprint density at radius 3 is 2.47 bits per heavy atom. The molecule has 0 aliphatic carbocycles. The Morgan fingerprint density at radius 2 is 1.87 bits per heavy atom. The number of pyridine rings is 1. The molecule has 1 amide bonds. The van der Waals surface area contributed by atoms with Crippen LogP contribution in [0, 0.1) is 17.6 Å². The van der Waals surface area contributed by atoms with Crippen molar-refractivity contribution in [2.75, 3.05) is 18.0 Å². The van der Waals surface area contributed by atoms with E-state index in [1.54, 1.807) is 4.57 Å². The molecule has 0 saturated heterocycles. The molecule has 2 aromatic heterocycles. The smallest absolute Gasteiger partial charge is 0.305 e. The fraction of sp³-hybridized carbons (Fsp3) is 0.385. The van der Waals surface area contributed by atoms with Gasteiger partial charge in [-0.2, -0.15) is 13.2 Å². The van der Waals surface area contributed by atoms with Crippen molar-refractivity contribution in [3.05, 3.63) is 65.1 Å². The number of aliphatic imine (C=N–C) groups is 1. The summed E-state index contributed by atoms with van der Waals surface area (Å²) in [6.07, 6.45) is -2.71. The van der Waals surface area contributed by atoms with Gasteiger partial charge in [-0.25, -0.2) is 18.8 Å². The number of hydrogen-bond acceptors (Lipinski definition) is 5. The Hall–Kier alpha value is -3.83. The minimum Gasteiger partial charge on any atom is -0.305 e. The molecule has 0 spiro atoms. The SMILES string of the molecule is CC[C@H](C)[C@@H]1CN2C(=N1)N(CC)C(=O)c1nc(-c3ccc(C(F)(F)F)nc3)n(Cc3ccc(F)c(F)c3)c12. The van der Waals surface area contributed by atoms with Crippen LogP contribution in [0.4, 0.5) is 27.8 Å². The van der Waals surface area contributed by atoms with Gasteiger partial charge in [0.15, 0.2) is 17.3 Å². The number of aromatic nitrogens is 3. The maximum Gasteiger partial charge on any atom is 0.433 e. The second kappa shape index (κ2) is 9.48. The monoisotopic (exact) mass is 532 g/mol. The van der Waals surface area contributed by atoms with Crippen molar-refractivity contribution in [1.29, 1.82) is 0 Å². The number of hydrogen-bond donors (Lipinski definition) is 0. The summed E-state index contributed by atoms with van der Waals surface area (Å²) < 4.78 is 68.7. The maximum absolute atomic E-state index is 14.1. The molecule has 2 atom stereocenters. The van der Waals surface area contributed by atoms with Gasteiger partial charge in [0.1, 0.15) is 17.3 Å². The van der Waals surface area contributed by atoms with Crippen molar-refractivity contribution >= 4 is 17.7 Å². The van der Waals surface area contributed by atoms with Gasteiger partial charge in [0, 0.05) is 18.3 Å². The van der Waals surface area contributed by atoms with Gasteiger partial charge in [-0.1, -0.05) is 26.3 Å².